The maximum Gasteiger partial charge on any atom is 0.258 e. The molecule has 0 saturated heterocycles. The summed E-state index contributed by atoms with van der Waals surface area (Å²) in [6.07, 6.45) is 0. The first-order chi connectivity index (χ1) is 12.7. The molecule has 0 bridgehead atoms. The Morgan fingerprint density at radius 3 is 2.46 bits per heavy atom. The third kappa shape index (κ3) is 5.77. The molecule has 2 aromatic rings. The lowest BCUT2D eigenvalue weighted by Crippen LogP contribution is -2.49. The lowest BCUT2D eigenvalue weighted by Gasteiger charge is -2.27. The van der Waals surface area contributed by atoms with Gasteiger partial charge in [-0.15, -0.1) is 12.4 Å². The summed E-state index contributed by atoms with van der Waals surface area (Å²) in [5.41, 5.74) is 6.11. The summed E-state index contributed by atoms with van der Waals surface area (Å²) in [4.78, 5) is 45.5. The van der Waals surface area contributed by atoms with Crippen LogP contribution in [0.4, 0.5) is 0 Å². The number of hydrogen-bond donors (Lipinski definition) is 3. The molecule has 1 atom stereocenters. The molecule has 0 fully saturated rings. The minimum absolute atomic E-state index is 0. The van der Waals surface area contributed by atoms with Crippen molar-refractivity contribution in [1.82, 2.24) is 20.2 Å². The number of para-hydroxylation sites is 1. The van der Waals surface area contributed by atoms with Crippen molar-refractivity contribution < 1.29 is 9.59 Å². The molecule has 0 spiro atoms. The number of benzene rings is 1. The molecule has 154 valence electrons. The van der Waals surface area contributed by atoms with Gasteiger partial charge < -0.3 is 20.9 Å². The second-order valence-electron chi connectivity index (χ2n) is 7.13. The number of nitrogens with two attached hydrogens (primary N) is 1. The molecule has 1 aromatic heterocycles. The van der Waals surface area contributed by atoms with E-state index in [2.05, 4.69) is 15.3 Å². The van der Waals surface area contributed by atoms with Gasteiger partial charge in [0.25, 0.3) is 5.56 Å². The molecule has 0 unspecified atom stereocenters. The van der Waals surface area contributed by atoms with Crippen LogP contribution >= 0.6 is 12.4 Å². The number of H-pyrrole nitrogens is 1. The van der Waals surface area contributed by atoms with Gasteiger partial charge in [0.2, 0.25) is 11.8 Å². The molecule has 4 N–H and O–H groups in total. The van der Waals surface area contributed by atoms with Gasteiger partial charge in [0.15, 0.2) is 0 Å². The summed E-state index contributed by atoms with van der Waals surface area (Å²) in [7, 11) is 0. The standard InChI is InChI=1S/C19H27N5O3.ClH/c1-11(2)17(20)19(27)21-9-16(25)24(12(3)4)10-15-22-14-8-6-5-7-13(14)18(26)23-15;/h5-8,11-12,17H,9-10,20H2,1-4H3,(H,21,27)(H,22,23,26);1H/t17-;/m0./s1. The molecule has 9 heteroatoms. The van der Waals surface area contributed by atoms with E-state index in [0.717, 1.165) is 0 Å². The average Bonchev–Trinajstić information content (AvgIpc) is 2.63. The van der Waals surface area contributed by atoms with Crippen LogP contribution in [0.15, 0.2) is 29.1 Å². The van der Waals surface area contributed by atoms with E-state index in [1.165, 1.54) is 0 Å². The minimum Gasteiger partial charge on any atom is -0.346 e. The van der Waals surface area contributed by atoms with Crippen molar-refractivity contribution >= 4 is 35.1 Å². The molecule has 0 radical (unpaired) electrons. The predicted octanol–water partition coefficient (Wildman–Crippen LogP) is 1.18. The van der Waals surface area contributed by atoms with Gasteiger partial charge in [0, 0.05) is 6.04 Å². The molecule has 0 aliphatic heterocycles. The van der Waals surface area contributed by atoms with Crippen molar-refractivity contribution in [2.75, 3.05) is 6.54 Å². The van der Waals surface area contributed by atoms with E-state index < -0.39 is 6.04 Å². The van der Waals surface area contributed by atoms with Crippen molar-refractivity contribution in [3.05, 3.63) is 40.4 Å². The number of halogens is 1. The molecule has 28 heavy (non-hydrogen) atoms. The van der Waals surface area contributed by atoms with E-state index in [4.69, 9.17) is 5.73 Å². The van der Waals surface area contributed by atoms with Crippen LogP contribution in [-0.4, -0.2) is 45.3 Å². The zero-order valence-corrected chi connectivity index (χ0v) is 17.4. The van der Waals surface area contributed by atoms with E-state index in [9.17, 15) is 14.4 Å². The van der Waals surface area contributed by atoms with Crippen molar-refractivity contribution in [2.24, 2.45) is 11.7 Å². The molecule has 1 aromatic carbocycles. The van der Waals surface area contributed by atoms with Crippen LogP contribution in [0, 0.1) is 5.92 Å². The molecule has 0 aliphatic carbocycles. The molecule has 8 nitrogen and oxygen atoms in total. The van der Waals surface area contributed by atoms with Gasteiger partial charge in [0.1, 0.15) is 5.82 Å². The lowest BCUT2D eigenvalue weighted by molar-refractivity contribution is -0.135. The Hall–Kier alpha value is -2.45. The summed E-state index contributed by atoms with van der Waals surface area (Å²) < 4.78 is 0. The first-order valence-electron chi connectivity index (χ1n) is 9.01. The lowest BCUT2D eigenvalue weighted by atomic mass is 10.1. The summed E-state index contributed by atoms with van der Waals surface area (Å²) >= 11 is 0. The van der Waals surface area contributed by atoms with Crippen molar-refractivity contribution in [1.29, 1.82) is 0 Å². The number of nitrogens with one attached hydrogen (secondary N) is 2. The zero-order valence-electron chi connectivity index (χ0n) is 16.6. The highest BCUT2D eigenvalue weighted by molar-refractivity contribution is 5.87. The minimum atomic E-state index is -0.663. The maximum absolute atomic E-state index is 12.6. The molecule has 2 rings (SSSR count). The van der Waals surface area contributed by atoms with E-state index in [0.29, 0.717) is 16.7 Å². The Bertz CT molecular complexity index is 881. The van der Waals surface area contributed by atoms with Gasteiger partial charge in [0.05, 0.1) is 30.0 Å². The highest BCUT2D eigenvalue weighted by Gasteiger charge is 2.22. The smallest absolute Gasteiger partial charge is 0.258 e. The first kappa shape index (κ1) is 23.6. The Labute approximate surface area is 170 Å². The number of nitrogens with zero attached hydrogens (tertiary/aromatic N) is 2. The van der Waals surface area contributed by atoms with Crippen molar-refractivity contribution in [3.8, 4) is 0 Å². The average molecular weight is 410 g/mol. The van der Waals surface area contributed by atoms with Gasteiger partial charge in [-0.2, -0.15) is 0 Å². The van der Waals surface area contributed by atoms with Crippen LogP contribution in [0.2, 0.25) is 0 Å². The van der Waals surface area contributed by atoms with Gasteiger partial charge in [-0.05, 0) is 31.9 Å². The molecule has 2 amide bonds. The highest BCUT2D eigenvalue weighted by Crippen LogP contribution is 2.09. The van der Waals surface area contributed by atoms with E-state index in [1.54, 1.807) is 29.2 Å². The second kappa shape index (κ2) is 10.2. The topological polar surface area (TPSA) is 121 Å². The third-order valence-corrected chi connectivity index (χ3v) is 4.36. The molecule has 0 aliphatic rings. The summed E-state index contributed by atoms with van der Waals surface area (Å²) in [5, 5.41) is 3.08. The number of fused-ring (bicyclic) bond motifs is 1. The number of aromatic amines is 1. The summed E-state index contributed by atoms with van der Waals surface area (Å²) in [6.45, 7) is 7.39. The number of carbonyl (C=O) groups is 2. The Morgan fingerprint density at radius 1 is 1.21 bits per heavy atom. The highest BCUT2D eigenvalue weighted by atomic mass is 35.5. The zero-order chi connectivity index (χ0) is 20.1. The molecular weight excluding hydrogens is 382 g/mol. The van der Waals surface area contributed by atoms with E-state index >= 15 is 0 Å². The van der Waals surface area contributed by atoms with Crippen LogP contribution in [0.25, 0.3) is 10.9 Å². The van der Waals surface area contributed by atoms with Gasteiger partial charge >= 0.3 is 0 Å². The molecular formula is C19H28ClN5O3. The maximum atomic E-state index is 12.6. The Balaban J connectivity index is 0.00000392. The predicted molar refractivity (Wildman–Crippen MR) is 111 cm³/mol. The SMILES string of the molecule is CC(C)[C@H](N)C(=O)NCC(=O)N(Cc1nc2ccccc2c(=O)[nH]1)C(C)C.Cl. The van der Waals surface area contributed by atoms with E-state index in [1.807, 2.05) is 27.7 Å². The van der Waals surface area contributed by atoms with Crippen molar-refractivity contribution in [2.45, 2.75) is 46.3 Å². The van der Waals surface area contributed by atoms with Crippen LogP contribution < -0.4 is 16.6 Å². The normalized spacial score (nSPS) is 12.0. The quantitative estimate of drug-likeness (QED) is 0.634. The van der Waals surface area contributed by atoms with E-state index in [-0.39, 0.29) is 54.8 Å². The van der Waals surface area contributed by atoms with Gasteiger partial charge in [-0.25, -0.2) is 4.98 Å². The number of rotatable bonds is 7. The number of amides is 2. The number of carbonyl (C=O) groups excluding carboxylic acids is 2. The number of hydrogen-bond acceptors (Lipinski definition) is 5. The fourth-order valence-electron chi connectivity index (χ4n) is 2.61. The van der Waals surface area contributed by atoms with Crippen LogP contribution in [0.1, 0.15) is 33.5 Å². The fraction of sp³-hybridized carbons (Fsp3) is 0.474. The summed E-state index contributed by atoms with van der Waals surface area (Å²) in [5.74, 6) is -0.261. The first-order valence-corrected chi connectivity index (χ1v) is 9.01. The number of aromatic nitrogens is 2. The van der Waals surface area contributed by atoms with Crippen LogP contribution in [0.5, 0.6) is 0 Å². The van der Waals surface area contributed by atoms with Crippen LogP contribution in [0.3, 0.4) is 0 Å². The Morgan fingerprint density at radius 2 is 1.86 bits per heavy atom. The largest absolute Gasteiger partial charge is 0.346 e. The Kier molecular flexibility index (Phi) is 8.59. The van der Waals surface area contributed by atoms with Gasteiger partial charge in [-0.3, -0.25) is 14.4 Å². The monoisotopic (exact) mass is 409 g/mol. The van der Waals surface area contributed by atoms with Gasteiger partial charge in [-0.1, -0.05) is 26.0 Å². The molecule has 1 heterocycles. The summed E-state index contributed by atoms with van der Waals surface area (Å²) in [6, 6.07) is 6.23. The third-order valence-electron chi connectivity index (χ3n) is 4.36. The van der Waals surface area contributed by atoms with Crippen molar-refractivity contribution in [3.63, 3.8) is 0 Å². The van der Waals surface area contributed by atoms with Crippen LogP contribution in [-0.2, 0) is 16.1 Å². The fourth-order valence-corrected chi connectivity index (χ4v) is 2.61. The molecule has 0 saturated carbocycles. The second-order valence-corrected chi connectivity index (χ2v) is 7.13.